The Hall–Kier alpha value is -1.79. The molecule has 0 aromatic heterocycles. The summed E-state index contributed by atoms with van der Waals surface area (Å²) in [5.41, 5.74) is 1.35. The van der Waals surface area contributed by atoms with E-state index in [0.717, 1.165) is 10.0 Å². The third kappa shape index (κ3) is 3.86. The lowest BCUT2D eigenvalue weighted by molar-refractivity contribution is -0.384. The van der Waals surface area contributed by atoms with Gasteiger partial charge >= 0.3 is 0 Å². The first-order valence-electron chi connectivity index (χ1n) is 6.01. The molecule has 0 heterocycles. The first kappa shape index (κ1) is 15.6. The Balaban J connectivity index is 2.21. The molecule has 0 unspecified atom stereocenters. The van der Waals surface area contributed by atoms with Gasteiger partial charge in [0, 0.05) is 16.0 Å². The molecule has 0 atom stereocenters. The molecule has 1 N–H and O–H groups in total. The number of nitrogens with zero attached hydrogens (tertiary/aromatic N) is 1. The first-order chi connectivity index (χ1) is 10.0. The van der Waals surface area contributed by atoms with Crippen LogP contribution in [-0.4, -0.2) is 12.0 Å². The number of benzene rings is 2. The smallest absolute Gasteiger partial charge is 0.296 e. The first-order valence-corrected chi connectivity index (χ1v) is 7.18. The summed E-state index contributed by atoms with van der Waals surface area (Å²) in [6.45, 7) is 0.435. The summed E-state index contributed by atoms with van der Waals surface area (Å²) in [6, 6.07) is 10.1. The van der Waals surface area contributed by atoms with Crippen LogP contribution < -0.4 is 10.1 Å². The van der Waals surface area contributed by atoms with Crippen molar-refractivity contribution in [3.63, 3.8) is 0 Å². The van der Waals surface area contributed by atoms with Gasteiger partial charge in [0.25, 0.3) is 5.69 Å². The highest BCUT2D eigenvalue weighted by Crippen LogP contribution is 2.30. The number of nitro benzene ring substituents is 1. The molecule has 0 spiro atoms. The molecule has 0 aliphatic carbocycles. The van der Waals surface area contributed by atoms with Crippen LogP contribution in [0, 0.1) is 10.1 Å². The van der Waals surface area contributed by atoms with Crippen LogP contribution in [0.4, 0.5) is 11.4 Å². The van der Waals surface area contributed by atoms with Crippen molar-refractivity contribution in [2.75, 3.05) is 12.4 Å². The van der Waals surface area contributed by atoms with Crippen molar-refractivity contribution >= 4 is 38.9 Å². The normalized spacial score (nSPS) is 10.2. The molecule has 0 saturated heterocycles. The minimum Gasteiger partial charge on any atom is -0.496 e. The van der Waals surface area contributed by atoms with Crippen molar-refractivity contribution in [2.24, 2.45) is 0 Å². The van der Waals surface area contributed by atoms with E-state index in [0.29, 0.717) is 23.0 Å². The molecule has 0 fully saturated rings. The standard InChI is InChI=1S/C14H12BrClN2O3/c1-21-11-4-5-13(14(7-11)18(19)20)17-8-9-2-3-10(16)6-12(9)15/h2-7,17H,8H2,1H3. The zero-order chi connectivity index (χ0) is 15.4. The van der Waals surface area contributed by atoms with Crippen molar-refractivity contribution in [3.8, 4) is 5.75 Å². The van der Waals surface area contributed by atoms with E-state index >= 15 is 0 Å². The highest BCUT2D eigenvalue weighted by Gasteiger charge is 2.15. The molecular formula is C14H12BrClN2O3. The Morgan fingerprint density at radius 2 is 2.10 bits per heavy atom. The van der Waals surface area contributed by atoms with E-state index in [-0.39, 0.29) is 5.69 Å². The largest absolute Gasteiger partial charge is 0.496 e. The zero-order valence-electron chi connectivity index (χ0n) is 11.1. The average molecular weight is 372 g/mol. The number of rotatable bonds is 5. The van der Waals surface area contributed by atoms with E-state index in [1.165, 1.54) is 13.2 Å². The van der Waals surface area contributed by atoms with Gasteiger partial charge in [-0.2, -0.15) is 0 Å². The predicted octanol–water partition coefficient (Wildman–Crippen LogP) is 4.63. The second-order valence-electron chi connectivity index (χ2n) is 4.23. The van der Waals surface area contributed by atoms with Crippen molar-refractivity contribution < 1.29 is 9.66 Å². The average Bonchev–Trinajstić information content (AvgIpc) is 2.46. The topological polar surface area (TPSA) is 64.4 Å². The third-order valence-electron chi connectivity index (χ3n) is 2.89. The number of nitrogens with one attached hydrogen (secondary N) is 1. The van der Waals surface area contributed by atoms with Crippen LogP contribution in [0.15, 0.2) is 40.9 Å². The summed E-state index contributed by atoms with van der Waals surface area (Å²) in [7, 11) is 1.47. The monoisotopic (exact) mass is 370 g/mol. The molecule has 2 aromatic carbocycles. The number of halogens is 2. The minimum absolute atomic E-state index is 0.0283. The van der Waals surface area contributed by atoms with Crippen LogP contribution in [0.5, 0.6) is 5.75 Å². The number of anilines is 1. The van der Waals surface area contributed by atoms with E-state index < -0.39 is 4.92 Å². The van der Waals surface area contributed by atoms with Crippen LogP contribution in [-0.2, 0) is 6.54 Å². The number of nitro groups is 1. The maximum absolute atomic E-state index is 11.1. The molecule has 7 heteroatoms. The van der Waals surface area contributed by atoms with Gasteiger partial charge in [0.05, 0.1) is 18.1 Å². The molecule has 0 radical (unpaired) electrons. The van der Waals surface area contributed by atoms with E-state index in [2.05, 4.69) is 21.2 Å². The van der Waals surface area contributed by atoms with Crippen LogP contribution >= 0.6 is 27.5 Å². The number of hydrogen-bond donors (Lipinski definition) is 1. The molecule has 0 bridgehead atoms. The van der Waals surface area contributed by atoms with Crippen LogP contribution in [0.25, 0.3) is 0 Å². The molecule has 110 valence electrons. The van der Waals surface area contributed by atoms with Crippen molar-refractivity contribution in [1.82, 2.24) is 0 Å². The molecule has 5 nitrogen and oxygen atoms in total. The Bertz CT molecular complexity index is 679. The van der Waals surface area contributed by atoms with Gasteiger partial charge in [0.15, 0.2) is 0 Å². The minimum atomic E-state index is -0.443. The molecule has 0 aliphatic rings. The van der Waals surface area contributed by atoms with Gasteiger partial charge in [-0.05, 0) is 29.8 Å². The Kier molecular flexibility index (Phi) is 5.03. The SMILES string of the molecule is COc1ccc(NCc2ccc(Cl)cc2Br)c([N+](=O)[O-])c1. The fraction of sp³-hybridized carbons (Fsp3) is 0.143. The van der Waals surface area contributed by atoms with Crippen LogP contribution in [0.2, 0.25) is 5.02 Å². The molecule has 0 saturated carbocycles. The van der Waals surface area contributed by atoms with Crippen molar-refractivity contribution in [1.29, 1.82) is 0 Å². The molecule has 21 heavy (non-hydrogen) atoms. The Morgan fingerprint density at radius 3 is 2.71 bits per heavy atom. The summed E-state index contributed by atoms with van der Waals surface area (Å²) in [4.78, 5) is 10.7. The quantitative estimate of drug-likeness (QED) is 0.614. The molecule has 0 amide bonds. The van der Waals surface area contributed by atoms with Crippen molar-refractivity contribution in [3.05, 3.63) is 61.6 Å². The second-order valence-corrected chi connectivity index (χ2v) is 5.52. The van der Waals surface area contributed by atoms with E-state index in [4.69, 9.17) is 16.3 Å². The fourth-order valence-corrected chi connectivity index (χ4v) is 2.62. The number of methoxy groups -OCH3 is 1. The Morgan fingerprint density at radius 1 is 1.33 bits per heavy atom. The molecule has 2 rings (SSSR count). The van der Waals surface area contributed by atoms with Crippen LogP contribution in [0.1, 0.15) is 5.56 Å². The highest BCUT2D eigenvalue weighted by molar-refractivity contribution is 9.10. The van der Waals surface area contributed by atoms with E-state index in [9.17, 15) is 10.1 Å². The number of hydrogen-bond acceptors (Lipinski definition) is 4. The number of ether oxygens (including phenoxy) is 1. The third-order valence-corrected chi connectivity index (χ3v) is 3.86. The van der Waals surface area contributed by atoms with E-state index in [1.807, 2.05) is 6.07 Å². The summed E-state index contributed by atoms with van der Waals surface area (Å²) in [6.07, 6.45) is 0. The van der Waals surface area contributed by atoms with Gasteiger partial charge in [-0.15, -0.1) is 0 Å². The second kappa shape index (κ2) is 6.78. The van der Waals surface area contributed by atoms with Gasteiger partial charge in [-0.25, -0.2) is 0 Å². The zero-order valence-corrected chi connectivity index (χ0v) is 13.4. The summed E-state index contributed by atoms with van der Waals surface area (Å²) in [5, 5.41) is 14.8. The maximum atomic E-state index is 11.1. The molecule has 2 aromatic rings. The van der Waals surface area contributed by atoms with Gasteiger partial charge in [-0.3, -0.25) is 10.1 Å². The lowest BCUT2D eigenvalue weighted by Gasteiger charge is -2.10. The maximum Gasteiger partial charge on any atom is 0.296 e. The van der Waals surface area contributed by atoms with Gasteiger partial charge in [0.2, 0.25) is 0 Å². The predicted molar refractivity (Wildman–Crippen MR) is 86.1 cm³/mol. The van der Waals surface area contributed by atoms with Gasteiger partial charge in [0.1, 0.15) is 11.4 Å². The molecule has 0 aliphatic heterocycles. The lowest BCUT2D eigenvalue weighted by atomic mass is 10.2. The summed E-state index contributed by atoms with van der Waals surface area (Å²) >= 11 is 9.29. The van der Waals surface area contributed by atoms with E-state index in [1.54, 1.807) is 24.3 Å². The molecular weight excluding hydrogens is 360 g/mol. The summed E-state index contributed by atoms with van der Waals surface area (Å²) in [5.74, 6) is 0.444. The summed E-state index contributed by atoms with van der Waals surface area (Å²) < 4.78 is 5.85. The van der Waals surface area contributed by atoms with Gasteiger partial charge < -0.3 is 10.1 Å². The highest BCUT2D eigenvalue weighted by atomic mass is 79.9. The van der Waals surface area contributed by atoms with Crippen LogP contribution in [0.3, 0.4) is 0 Å². The van der Waals surface area contributed by atoms with Crippen molar-refractivity contribution in [2.45, 2.75) is 6.54 Å². The lowest BCUT2D eigenvalue weighted by Crippen LogP contribution is -2.03. The fourth-order valence-electron chi connectivity index (χ4n) is 1.79. The Labute approximate surface area is 135 Å². The van der Waals surface area contributed by atoms with Gasteiger partial charge in [-0.1, -0.05) is 33.6 Å².